The van der Waals surface area contributed by atoms with Gasteiger partial charge in [0.25, 0.3) is 5.91 Å². The SMILES string of the molecule is CC(C)(C)CC(C)(C)c1ccc(OCC(=O)N/N=C/c2c(Cl)cccc2Cl)cc1. The maximum Gasteiger partial charge on any atom is 0.277 e. The number of hydrogen-bond acceptors (Lipinski definition) is 3. The van der Waals surface area contributed by atoms with Gasteiger partial charge in [0.1, 0.15) is 5.75 Å². The molecule has 0 heterocycles. The van der Waals surface area contributed by atoms with Crippen LogP contribution in [0, 0.1) is 5.41 Å². The van der Waals surface area contributed by atoms with Crippen LogP contribution in [0.1, 0.15) is 52.2 Å². The van der Waals surface area contributed by atoms with Crippen LogP contribution < -0.4 is 10.2 Å². The summed E-state index contributed by atoms with van der Waals surface area (Å²) >= 11 is 12.1. The fraction of sp³-hybridized carbons (Fsp3) is 0.391. The summed E-state index contributed by atoms with van der Waals surface area (Å²) in [5, 5.41) is 4.80. The van der Waals surface area contributed by atoms with E-state index in [0.29, 0.717) is 21.4 Å². The number of halogens is 2. The fourth-order valence-electron chi connectivity index (χ4n) is 3.41. The van der Waals surface area contributed by atoms with Crippen LogP contribution >= 0.6 is 23.2 Å². The van der Waals surface area contributed by atoms with E-state index in [1.165, 1.54) is 11.8 Å². The lowest BCUT2D eigenvalue weighted by molar-refractivity contribution is -0.123. The zero-order chi connectivity index (χ0) is 21.7. The fourth-order valence-corrected chi connectivity index (χ4v) is 3.91. The molecule has 0 bridgehead atoms. The normalized spacial score (nSPS) is 12.2. The van der Waals surface area contributed by atoms with E-state index in [1.807, 2.05) is 12.1 Å². The number of hydrazone groups is 1. The smallest absolute Gasteiger partial charge is 0.277 e. The summed E-state index contributed by atoms with van der Waals surface area (Å²) in [6, 6.07) is 13.0. The minimum Gasteiger partial charge on any atom is -0.484 e. The Kier molecular flexibility index (Phi) is 7.73. The summed E-state index contributed by atoms with van der Waals surface area (Å²) in [6.45, 7) is 11.1. The first-order valence-corrected chi connectivity index (χ1v) is 10.2. The van der Waals surface area contributed by atoms with Crippen molar-refractivity contribution in [3.05, 3.63) is 63.6 Å². The molecule has 2 rings (SSSR count). The number of carbonyl (C=O) groups is 1. The van der Waals surface area contributed by atoms with Gasteiger partial charge in [-0.05, 0) is 47.1 Å². The summed E-state index contributed by atoms with van der Waals surface area (Å²) in [5.41, 5.74) is 4.49. The van der Waals surface area contributed by atoms with Crippen molar-refractivity contribution in [1.82, 2.24) is 5.43 Å². The molecular weight excluding hydrogens is 407 g/mol. The summed E-state index contributed by atoms with van der Waals surface area (Å²) in [5.74, 6) is 0.259. The molecule has 0 radical (unpaired) electrons. The van der Waals surface area contributed by atoms with Crippen LogP contribution in [0.25, 0.3) is 0 Å². The van der Waals surface area contributed by atoms with E-state index in [9.17, 15) is 4.79 Å². The molecule has 0 unspecified atom stereocenters. The lowest BCUT2D eigenvalue weighted by Gasteiger charge is -2.33. The Labute approximate surface area is 183 Å². The monoisotopic (exact) mass is 434 g/mol. The predicted octanol–water partition coefficient (Wildman–Crippen LogP) is 6.24. The Morgan fingerprint density at radius 3 is 2.17 bits per heavy atom. The number of benzene rings is 2. The maximum absolute atomic E-state index is 11.9. The summed E-state index contributed by atoms with van der Waals surface area (Å²) in [7, 11) is 0. The maximum atomic E-state index is 11.9. The average molecular weight is 435 g/mol. The van der Waals surface area contributed by atoms with Crippen LogP contribution in [0.15, 0.2) is 47.6 Å². The summed E-state index contributed by atoms with van der Waals surface area (Å²) < 4.78 is 5.55. The van der Waals surface area contributed by atoms with Gasteiger partial charge in [-0.3, -0.25) is 4.79 Å². The number of ether oxygens (including phenoxy) is 1. The Hall–Kier alpha value is -2.04. The number of nitrogens with zero attached hydrogens (tertiary/aromatic N) is 1. The third-order valence-electron chi connectivity index (χ3n) is 4.36. The Balaban J connectivity index is 1.88. The molecule has 6 heteroatoms. The number of amides is 1. The van der Waals surface area contributed by atoms with E-state index in [1.54, 1.807) is 18.2 Å². The van der Waals surface area contributed by atoms with Crippen molar-refractivity contribution in [2.24, 2.45) is 10.5 Å². The van der Waals surface area contributed by atoms with Crippen molar-refractivity contribution in [2.45, 2.75) is 46.5 Å². The highest BCUT2D eigenvalue weighted by Gasteiger charge is 2.27. The molecule has 0 atom stereocenters. The Morgan fingerprint density at radius 1 is 1.03 bits per heavy atom. The average Bonchev–Trinajstić information content (AvgIpc) is 2.61. The second-order valence-electron chi connectivity index (χ2n) is 8.86. The van der Waals surface area contributed by atoms with Gasteiger partial charge >= 0.3 is 0 Å². The number of carbonyl (C=O) groups excluding carboxylic acids is 1. The van der Waals surface area contributed by atoms with E-state index in [4.69, 9.17) is 27.9 Å². The lowest BCUT2D eigenvalue weighted by atomic mass is 9.72. The van der Waals surface area contributed by atoms with Crippen molar-refractivity contribution in [1.29, 1.82) is 0 Å². The van der Waals surface area contributed by atoms with E-state index < -0.39 is 0 Å². The molecule has 2 aromatic rings. The Bertz CT molecular complexity index is 849. The number of rotatable bonds is 7. The molecule has 0 fully saturated rings. The molecule has 0 aromatic heterocycles. The van der Waals surface area contributed by atoms with Gasteiger partial charge in [0.2, 0.25) is 0 Å². The molecule has 0 saturated heterocycles. The first kappa shape index (κ1) is 23.2. The van der Waals surface area contributed by atoms with Crippen LogP contribution in [0.2, 0.25) is 10.0 Å². The summed E-state index contributed by atoms with van der Waals surface area (Å²) in [4.78, 5) is 11.9. The lowest BCUT2D eigenvalue weighted by Crippen LogP contribution is -2.25. The van der Waals surface area contributed by atoms with Gasteiger partial charge < -0.3 is 4.74 Å². The molecule has 0 spiro atoms. The van der Waals surface area contributed by atoms with Crippen LogP contribution in [-0.4, -0.2) is 18.7 Å². The molecule has 0 aliphatic carbocycles. The first-order chi connectivity index (χ1) is 13.5. The second kappa shape index (κ2) is 9.64. The van der Waals surface area contributed by atoms with Gasteiger partial charge in [0.15, 0.2) is 6.61 Å². The quantitative estimate of drug-likeness (QED) is 0.414. The van der Waals surface area contributed by atoms with Gasteiger partial charge in [-0.15, -0.1) is 0 Å². The van der Waals surface area contributed by atoms with Gasteiger partial charge in [0.05, 0.1) is 16.3 Å². The van der Waals surface area contributed by atoms with Crippen molar-refractivity contribution in [3.8, 4) is 5.75 Å². The van der Waals surface area contributed by atoms with E-state index in [2.05, 4.69) is 57.3 Å². The molecule has 4 nitrogen and oxygen atoms in total. The largest absolute Gasteiger partial charge is 0.484 e. The van der Waals surface area contributed by atoms with Gasteiger partial charge in [-0.25, -0.2) is 5.43 Å². The summed E-state index contributed by atoms with van der Waals surface area (Å²) in [6.07, 6.45) is 2.48. The minimum absolute atomic E-state index is 0.0584. The minimum atomic E-state index is -0.374. The van der Waals surface area contributed by atoms with Gasteiger partial charge in [-0.1, -0.05) is 76.0 Å². The van der Waals surface area contributed by atoms with E-state index in [0.717, 1.165) is 6.42 Å². The van der Waals surface area contributed by atoms with Gasteiger partial charge in [0, 0.05) is 5.56 Å². The van der Waals surface area contributed by atoms with Crippen molar-refractivity contribution in [3.63, 3.8) is 0 Å². The van der Waals surface area contributed by atoms with E-state index in [-0.39, 0.29) is 23.3 Å². The standard InChI is InChI=1S/C23H28Cl2N2O2/c1-22(2,3)15-23(4,5)16-9-11-17(12-10-16)29-14-21(28)27-26-13-18-19(24)7-6-8-20(18)25/h6-13H,14-15H2,1-5H3,(H,27,28)/b26-13+. The zero-order valence-electron chi connectivity index (χ0n) is 17.6. The third kappa shape index (κ3) is 7.37. The molecule has 0 aliphatic rings. The highest BCUT2D eigenvalue weighted by atomic mass is 35.5. The highest BCUT2D eigenvalue weighted by Crippen LogP contribution is 2.36. The molecule has 2 aromatic carbocycles. The van der Waals surface area contributed by atoms with Crippen LogP contribution in [0.5, 0.6) is 5.75 Å². The number of hydrogen-bond donors (Lipinski definition) is 1. The second-order valence-corrected chi connectivity index (χ2v) is 9.68. The molecule has 29 heavy (non-hydrogen) atoms. The molecule has 156 valence electrons. The molecule has 1 amide bonds. The van der Waals surface area contributed by atoms with E-state index >= 15 is 0 Å². The molecular formula is C23H28Cl2N2O2. The van der Waals surface area contributed by atoms with Crippen LogP contribution in [0.4, 0.5) is 0 Å². The van der Waals surface area contributed by atoms with Crippen LogP contribution in [-0.2, 0) is 10.2 Å². The first-order valence-electron chi connectivity index (χ1n) is 9.47. The predicted molar refractivity (Wildman–Crippen MR) is 121 cm³/mol. The van der Waals surface area contributed by atoms with Crippen LogP contribution in [0.3, 0.4) is 0 Å². The Morgan fingerprint density at radius 2 is 1.62 bits per heavy atom. The zero-order valence-corrected chi connectivity index (χ0v) is 19.1. The molecule has 0 saturated carbocycles. The number of nitrogens with one attached hydrogen (secondary N) is 1. The van der Waals surface area contributed by atoms with Crippen molar-refractivity contribution < 1.29 is 9.53 Å². The molecule has 0 aliphatic heterocycles. The van der Waals surface area contributed by atoms with Gasteiger partial charge in [-0.2, -0.15) is 5.10 Å². The topological polar surface area (TPSA) is 50.7 Å². The van der Waals surface area contributed by atoms with Crippen molar-refractivity contribution >= 4 is 35.3 Å². The third-order valence-corrected chi connectivity index (χ3v) is 5.02. The van der Waals surface area contributed by atoms with Crippen molar-refractivity contribution in [2.75, 3.05) is 6.61 Å². The molecule has 1 N–H and O–H groups in total. The highest BCUT2D eigenvalue weighted by molar-refractivity contribution is 6.38.